The van der Waals surface area contributed by atoms with Crippen LogP contribution in [0, 0.1) is 0 Å². The molecular weight excluding hydrogens is 300 g/mol. The molecule has 2 aromatic carbocycles. The van der Waals surface area contributed by atoms with E-state index in [-0.39, 0.29) is 12.4 Å². The third kappa shape index (κ3) is 3.03. The van der Waals surface area contributed by atoms with E-state index >= 15 is 0 Å². The number of fused-ring (bicyclic) bond motifs is 1. The SMILES string of the molecule is FC(F)c1ccc(CNc2cc3c(cc2Cl)OCO3)cc1. The molecule has 0 aliphatic carbocycles. The summed E-state index contributed by atoms with van der Waals surface area (Å²) in [6, 6.07) is 9.61. The largest absolute Gasteiger partial charge is 0.454 e. The summed E-state index contributed by atoms with van der Waals surface area (Å²) >= 11 is 6.14. The highest BCUT2D eigenvalue weighted by atomic mass is 35.5. The fourth-order valence-corrected chi connectivity index (χ4v) is 2.25. The van der Waals surface area contributed by atoms with Crippen molar-refractivity contribution < 1.29 is 18.3 Å². The van der Waals surface area contributed by atoms with Crippen LogP contribution in [-0.2, 0) is 6.54 Å². The lowest BCUT2D eigenvalue weighted by molar-refractivity contribution is 0.151. The molecule has 1 aliphatic heterocycles. The van der Waals surface area contributed by atoms with Gasteiger partial charge in [0.2, 0.25) is 6.79 Å². The van der Waals surface area contributed by atoms with Gasteiger partial charge in [-0.15, -0.1) is 0 Å². The number of ether oxygens (including phenoxy) is 2. The molecule has 0 atom stereocenters. The van der Waals surface area contributed by atoms with Crippen LogP contribution in [0.4, 0.5) is 14.5 Å². The third-order valence-electron chi connectivity index (χ3n) is 3.18. The average molecular weight is 312 g/mol. The maximum absolute atomic E-state index is 12.5. The predicted molar refractivity (Wildman–Crippen MR) is 76.3 cm³/mol. The smallest absolute Gasteiger partial charge is 0.263 e. The second-order valence-electron chi connectivity index (χ2n) is 4.58. The predicted octanol–water partition coefficient (Wildman–Crippen LogP) is 4.62. The van der Waals surface area contributed by atoms with Gasteiger partial charge in [-0.1, -0.05) is 35.9 Å². The van der Waals surface area contributed by atoms with Crippen LogP contribution in [0.15, 0.2) is 36.4 Å². The zero-order valence-electron chi connectivity index (χ0n) is 10.9. The van der Waals surface area contributed by atoms with Crippen LogP contribution in [-0.4, -0.2) is 6.79 Å². The van der Waals surface area contributed by atoms with Gasteiger partial charge in [-0.3, -0.25) is 0 Å². The molecule has 110 valence electrons. The minimum Gasteiger partial charge on any atom is -0.454 e. The molecule has 0 aromatic heterocycles. The van der Waals surface area contributed by atoms with Crippen molar-refractivity contribution in [3.05, 3.63) is 52.5 Å². The van der Waals surface area contributed by atoms with Crippen LogP contribution in [0.2, 0.25) is 5.02 Å². The highest BCUT2D eigenvalue weighted by molar-refractivity contribution is 6.33. The lowest BCUT2D eigenvalue weighted by atomic mass is 10.1. The first-order valence-corrected chi connectivity index (χ1v) is 6.71. The summed E-state index contributed by atoms with van der Waals surface area (Å²) < 4.78 is 35.5. The van der Waals surface area contributed by atoms with Crippen LogP contribution in [0.3, 0.4) is 0 Å². The molecule has 0 amide bonds. The second kappa shape index (κ2) is 5.77. The van der Waals surface area contributed by atoms with Gasteiger partial charge in [0.05, 0.1) is 10.7 Å². The van der Waals surface area contributed by atoms with Crippen molar-refractivity contribution in [1.82, 2.24) is 0 Å². The summed E-state index contributed by atoms with van der Waals surface area (Å²) in [5.41, 5.74) is 1.60. The molecule has 0 spiro atoms. The molecule has 0 saturated heterocycles. The second-order valence-corrected chi connectivity index (χ2v) is 4.99. The van der Waals surface area contributed by atoms with Crippen molar-refractivity contribution >= 4 is 17.3 Å². The Morgan fingerprint density at radius 2 is 1.76 bits per heavy atom. The topological polar surface area (TPSA) is 30.5 Å². The molecule has 3 rings (SSSR count). The quantitative estimate of drug-likeness (QED) is 0.894. The highest BCUT2D eigenvalue weighted by Crippen LogP contribution is 2.39. The first-order chi connectivity index (χ1) is 10.1. The van der Waals surface area contributed by atoms with E-state index in [9.17, 15) is 8.78 Å². The summed E-state index contributed by atoms with van der Waals surface area (Å²) in [5.74, 6) is 1.25. The van der Waals surface area contributed by atoms with Crippen LogP contribution >= 0.6 is 11.6 Å². The van der Waals surface area contributed by atoms with Crippen LogP contribution < -0.4 is 14.8 Å². The number of halogens is 3. The van der Waals surface area contributed by atoms with Gasteiger partial charge < -0.3 is 14.8 Å². The van der Waals surface area contributed by atoms with Crippen molar-refractivity contribution in [2.45, 2.75) is 13.0 Å². The van der Waals surface area contributed by atoms with E-state index in [0.29, 0.717) is 28.8 Å². The number of rotatable bonds is 4. The van der Waals surface area contributed by atoms with E-state index < -0.39 is 6.43 Å². The molecule has 1 aliphatic rings. The van der Waals surface area contributed by atoms with E-state index in [1.54, 1.807) is 24.3 Å². The lowest BCUT2D eigenvalue weighted by Gasteiger charge is -2.10. The van der Waals surface area contributed by atoms with Crippen molar-refractivity contribution in [3.63, 3.8) is 0 Å². The Bertz CT molecular complexity index is 647. The van der Waals surface area contributed by atoms with E-state index in [0.717, 1.165) is 5.56 Å². The Labute approximate surface area is 125 Å². The van der Waals surface area contributed by atoms with E-state index in [4.69, 9.17) is 21.1 Å². The molecule has 1 heterocycles. The zero-order valence-corrected chi connectivity index (χ0v) is 11.7. The number of hydrogen-bond acceptors (Lipinski definition) is 3. The van der Waals surface area contributed by atoms with E-state index in [1.807, 2.05) is 0 Å². The molecule has 0 bridgehead atoms. The van der Waals surface area contributed by atoms with E-state index in [2.05, 4.69) is 5.32 Å². The summed E-state index contributed by atoms with van der Waals surface area (Å²) in [4.78, 5) is 0. The minimum atomic E-state index is -2.45. The Morgan fingerprint density at radius 1 is 1.10 bits per heavy atom. The van der Waals surface area contributed by atoms with Crippen LogP contribution in [0.25, 0.3) is 0 Å². The molecule has 21 heavy (non-hydrogen) atoms. The number of benzene rings is 2. The molecule has 3 nitrogen and oxygen atoms in total. The van der Waals surface area contributed by atoms with Gasteiger partial charge in [-0.25, -0.2) is 8.78 Å². The van der Waals surface area contributed by atoms with Gasteiger partial charge in [0.15, 0.2) is 11.5 Å². The Balaban J connectivity index is 1.70. The molecule has 1 N–H and O–H groups in total. The summed E-state index contributed by atoms with van der Waals surface area (Å²) in [6.45, 7) is 0.660. The maximum Gasteiger partial charge on any atom is 0.263 e. The van der Waals surface area contributed by atoms with Crippen molar-refractivity contribution in [2.75, 3.05) is 12.1 Å². The molecule has 0 saturated carbocycles. The maximum atomic E-state index is 12.5. The Hall–Kier alpha value is -2.01. The van der Waals surface area contributed by atoms with Gasteiger partial charge in [0.25, 0.3) is 6.43 Å². The monoisotopic (exact) mass is 311 g/mol. The molecule has 6 heteroatoms. The van der Waals surface area contributed by atoms with Crippen LogP contribution in [0.5, 0.6) is 11.5 Å². The van der Waals surface area contributed by atoms with Crippen molar-refractivity contribution in [2.24, 2.45) is 0 Å². The third-order valence-corrected chi connectivity index (χ3v) is 3.49. The molecule has 0 radical (unpaired) electrons. The first kappa shape index (κ1) is 13.9. The normalized spacial score (nSPS) is 12.8. The highest BCUT2D eigenvalue weighted by Gasteiger charge is 2.16. The fourth-order valence-electron chi connectivity index (χ4n) is 2.03. The zero-order chi connectivity index (χ0) is 14.8. The summed E-state index contributed by atoms with van der Waals surface area (Å²) in [6.07, 6.45) is -2.45. The average Bonchev–Trinajstić information content (AvgIpc) is 2.92. The van der Waals surface area contributed by atoms with Gasteiger partial charge >= 0.3 is 0 Å². The molecule has 0 unspecified atom stereocenters. The standard InChI is InChI=1S/C15H12ClF2NO2/c16-11-5-13-14(21-8-20-13)6-12(11)19-7-9-1-3-10(4-2-9)15(17)18/h1-6,15,19H,7-8H2. The van der Waals surface area contributed by atoms with E-state index in [1.165, 1.54) is 12.1 Å². The van der Waals surface area contributed by atoms with Gasteiger partial charge in [0, 0.05) is 24.2 Å². The van der Waals surface area contributed by atoms with Crippen LogP contribution in [0.1, 0.15) is 17.6 Å². The summed E-state index contributed by atoms with van der Waals surface area (Å²) in [5, 5.41) is 3.67. The summed E-state index contributed by atoms with van der Waals surface area (Å²) in [7, 11) is 0. The Morgan fingerprint density at radius 3 is 2.43 bits per heavy atom. The fraction of sp³-hybridized carbons (Fsp3) is 0.200. The van der Waals surface area contributed by atoms with Gasteiger partial charge in [0.1, 0.15) is 0 Å². The molecule has 2 aromatic rings. The number of alkyl halides is 2. The minimum absolute atomic E-state index is 0.0138. The van der Waals surface area contributed by atoms with Crippen molar-refractivity contribution in [3.8, 4) is 11.5 Å². The van der Waals surface area contributed by atoms with Gasteiger partial charge in [-0.05, 0) is 5.56 Å². The first-order valence-electron chi connectivity index (χ1n) is 6.33. The molecule has 0 fully saturated rings. The lowest BCUT2D eigenvalue weighted by Crippen LogP contribution is -2.00. The molecular formula is C15H12ClF2NO2. The number of hydrogen-bond donors (Lipinski definition) is 1. The number of anilines is 1. The van der Waals surface area contributed by atoms with Crippen molar-refractivity contribution in [1.29, 1.82) is 0 Å². The van der Waals surface area contributed by atoms with Gasteiger partial charge in [-0.2, -0.15) is 0 Å². The Kier molecular flexibility index (Phi) is 3.84. The number of nitrogens with one attached hydrogen (secondary N) is 1.